The summed E-state index contributed by atoms with van der Waals surface area (Å²) in [6.07, 6.45) is 0.102. The molecule has 2 aromatic carbocycles. The zero-order valence-corrected chi connectivity index (χ0v) is 15.5. The van der Waals surface area contributed by atoms with Crippen LogP contribution in [-0.2, 0) is 26.0 Å². The van der Waals surface area contributed by atoms with Gasteiger partial charge in [-0.2, -0.15) is 0 Å². The van der Waals surface area contributed by atoms with Crippen molar-refractivity contribution in [3.63, 3.8) is 0 Å². The summed E-state index contributed by atoms with van der Waals surface area (Å²) in [4.78, 5) is 35.2. The lowest BCUT2D eigenvalue weighted by atomic mass is 10.1. The number of carbonyl (C=O) groups excluding carboxylic acids is 2. The number of nitrogens with one attached hydrogen (secondary N) is 2. The average molecular weight is 405 g/mol. The van der Waals surface area contributed by atoms with Crippen molar-refractivity contribution in [2.24, 2.45) is 5.14 Å². The fourth-order valence-electron chi connectivity index (χ4n) is 2.35. The summed E-state index contributed by atoms with van der Waals surface area (Å²) in [6.45, 7) is -0.436. The average Bonchev–Trinajstić information content (AvgIpc) is 2.65. The van der Waals surface area contributed by atoms with E-state index >= 15 is 0 Å². The number of carbonyl (C=O) groups is 3. The van der Waals surface area contributed by atoms with Gasteiger partial charge in [0.2, 0.25) is 15.9 Å². The Hall–Kier alpha value is -3.24. The van der Waals surface area contributed by atoms with Crippen LogP contribution in [0.4, 0.5) is 0 Å². The van der Waals surface area contributed by atoms with Gasteiger partial charge in [-0.15, -0.1) is 0 Å². The molecule has 148 valence electrons. The number of carboxylic acid groups (broad SMARTS) is 1. The van der Waals surface area contributed by atoms with Gasteiger partial charge in [0.05, 0.1) is 11.4 Å². The lowest BCUT2D eigenvalue weighted by Gasteiger charge is -2.15. The molecule has 0 aromatic heterocycles. The highest BCUT2D eigenvalue weighted by molar-refractivity contribution is 7.89. The van der Waals surface area contributed by atoms with Crippen LogP contribution in [0.1, 0.15) is 15.9 Å². The van der Waals surface area contributed by atoms with E-state index in [1.165, 1.54) is 24.3 Å². The topological polar surface area (TPSA) is 156 Å². The number of aliphatic carboxylic acids is 1. The molecule has 0 fully saturated rings. The molecule has 0 aliphatic carbocycles. The van der Waals surface area contributed by atoms with Crippen LogP contribution in [0.2, 0.25) is 0 Å². The van der Waals surface area contributed by atoms with Gasteiger partial charge in [0.1, 0.15) is 6.04 Å². The largest absolute Gasteiger partial charge is 0.480 e. The number of sulfonamides is 1. The van der Waals surface area contributed by atoms with Crippen LogP contribution in [0.15, 0.2) is 59.5 Å². The van der Waals surface area contributed by atoms with Crippen LogP contribution in [0, 0.1) is 0 Å². The Balaban J connectivity index is 1.91. The Morgan fingerprint density at radius 1 is 1.00 bits per heavy atom. The van der Waals surface area contributed by atoms with Gasteiger partial charge in [0, 0.05) is 12.0 Å². The Kier molecular flexibility index (Phi) is 6.85. The number of nitrogens with two attached hydrogens (primary N) is 1. The monoisotopic (exact) mass is 405 g/mol. The molecule has 1 unspecified atom stereocenters. The third-order valence-corrected chi connectivity index (χ3v) is 4.70. The highest BCUT2D eigenvalue weighted by Crippen LogP contribution is 2.08. The second kappa shape index (κ2) is 9.11. The molecular formula is C18H19N3O6S. The van der Waals surface area contributed by atoms with E-state index in [4.69, 9.17) is 5.14 Å². The molecule has 1 atom stereocenters. The summed E-state index contributed by atoms with van der Waals surface area (Å²) in [5.41, 5.74) is 0.869. The molecule has 0 saturated carbocycles. The first-order chi connectivity index (χ1) is 13.2. The number of rotatable bonds is 8. The summed E-state index contributed by atoms with van der Waals surface area (Å²) >= 11 is 0. The maximum atomic E-state index is 12.0. The first-order valence-electron chi connectivity index (χ1n) is 8.14. The standard InChI is InChI=1S/C18H19N3O6S/c19-28(26,27)14-8-6-13(7-9-14)17(23)20-11-16(22)21-15(18(24)25)10-12-4-2-1-3-5-12/h1-9,15H,10-11H2,(H,20,23)(H,21,22)(H,24,25)(H2,19,26,27). The van der Waals surface area contributed by atoms with Gasteiger partial charge < -0.3 is 15.7 Å². The Morgan fingerprint density at radius 3 is 2.14 bits per heavy atom. The van der Waals surface area contributed by atoms with Crippen LogP contribution in [0.25, 0.3) is 0 Å². The molecule has 2 aromatic rings. The third kappa shape index (κ3) is 6.18. The zero-order chi connectivity index (χ0) is 20.7. The van der Waals surface area contributed by atoms with E-state index in [-0.39, 0.29) is 16.9 Å². The van der Waals surface area contributed by atoms with E-state index in [0.29, 0.717) is 0 Å². The van der Waals surface area contributed by atoms with Crippen molar-refractivity contribution in [3.8, 4) is 0 Å². The predicted molar refractivity (Wildman–Crippen MR) is 99.9 cm³/mol. The minimum Gasteiger partial charge on any atom is -0.480 e. The first-order valence-corrected chi connectivity index (χ1v) is 9.68. The molecular weight excluding hydrogens is 386 g/mol. The molecule has 5 N–H and O–H groups in total. The summed E-state index contributed by atoms with van der Waals surface area (Å²) < 4.78 is 22.4. The van der Waals surface area contributed by atoms with Crippen LogP contribution >= 0.6 is 0 Å². The van der Waals surface area contributed by atoms with E-state index < -0.39 is 40.4 Å². The highest BCUT2D eigenvalue weighted by Gasteiger charge is 2.20. The minimum atomic E-state index is -3.87. The first kappa shape index (κ1) is 21.1. The molecule has 0 aliphatic rings. The quantitative estimate of drug-likeness (QED) is 0.480. The number of hydrogen-bond donors (Lipinski definition) is 4. The maximum Gasteiger partial charge on any atom is 0.326 e. The minimum absolute atomic E-state index is 0.102. The van der Waals surface area contributed by atoms with Crippen LogP contribution in [0.3, 0.4) is 0 Å². The Morgan fingerprint density at radius 2 is 1.61 bits per heavy atom. The van der Waals surface area contributed by atoms with Crippen molar-refractivity contribution < 1.29 is 27.9 Å². The van der Waals surface area contributed by atoms with Gasteiger partial charge in [0.25, 0.3) is 5.91 Å². The van der Waals surface area contributed by atoms with Gasteiger partial charge in [-0.3, -0.25) is 9.59 Å². The molecule has 0 bridgehead atoms. The van der Waals surface area contributed by atoms with Crippen molar-refractivity contribution in [1.29, 1.82) is 0 Å². The van der Waals surface area contributed by atoms with E-state index in [2.05, 4.69) is 10.6 Å². The Labute approximate surface area is 161 Å². The van der Waals surface area contributed by atoms with Crippen LogP contribution in [0.5, 0.6) is 0 Å². The highest BCUT2D eigenvalue weighted by atomic mass is 32.2. The number of carboxylic acids is 1. The molecule has 0 heterocycles. The summed E-state index contributed by atoms with van der Waals surface area (Å²) in [5, 5.41) is 18.9. The number of hydrogen-bond acceptors (Lipinski definition) is 5. The fourth-order valence-corrected chi connectivity index (χ4v) is 2.87. The van der Waals surface area contributed by atoms with Gasteiger partial charge >= 0.3 is 5.97 Å². The lowest BCUT2D eigenvalue weighted by molar-refractivity contribution is -0.141. The molecule has 0 spiro atoms. The van der Waals surface area contributed by atoms with Gasteiger partial charge in [-0.05, 0) is 29.8 Å². The predicted octanol–water partition coefficient (Wildman–Crippen LogP) is -0.124. The molecule has 28 heavy (non-hydrogen) atoms. The summed E-state index contributed by atoms with van der Waals surface area (Å²) in [7, 11) is -3.87. The van der Waals surface area contributed by atoms with E-state index in [1.807, 2.05) is 0 Å². The van der Waals surface area contributed by atoms with Gasteiger partial charge in [0.15, 0.2) is 0 Å². The van der Waals surface area contributed by atoms with Crippen LogP contribution < -0.4 is 15.8 Å². The van der Waals surface area contributed by atoms with E-state index in [0.717, 1.165) is 5.56 Å². The SMILES string of the molecule is NS(=O)(=O)c1ccc(C(=O)NCC(=O)NC(Cc2ccccc2)C(=O)O)cc1. The zero-order valence-electron chi connectivity index (χ0n) is 14.7. The number of primary sulfonamides is 1. The summed E-state index contributed by atoms with van der Waals surface area (Å²) in [6, 6.07) is 12.5. The van der Waals surface area contributed by atoms with Crippen molar-refractivity contribution in [2.45, 2.75) is 17.4 Å². The molecule has 2 amide bonds. The van der Waals surface area contributed by atoms with Gasteiger partial charge in [-0.1, -0.05) is 30.3 Å². The molecule has 0 radical (unpaired) electrons. The Bertz CT molecular complexity index is 959. The molecule has 2 rings (SSSR count). The normalized spacial score (nSPS) is 12.0. The smallest absolute Gasteiger partial charge is 0.326 e. The van der Waals surface area contributed by atoms with Crippen molar-refractivity contribution in [1.82, 2.24) is 10.6 Å². The van der Waals surface area contributed by atoms with E-state index in [1.54, 1.807) is 30.3 Å². The number of amides is 2. The second-order valence-electron chi connectivity index (χ2n) is 5.90. The molecule has 9 nitrogen and oxygen atoms in total. The van der Waals surface area contributed by atoms with Crippen molar-refractivity contribution in [3.05, 3.63) is 65.7 Å². The summed E-state index contributed by atoms with van der Waals surface area (Å²) in [5.74, 6) is -2.48. The molecule has 0 aliphatic heterocycles. The lowest BCUT2D eigenvalue weighted by Crippen LogP contribution is -2.46. The fraction of sp³-hybridized carbons (Fsp3) is 0.167. The maximum absolute atomic E-state index is 12.0. The third-order valence-electron chi connectivity index (χ3n) is 3.77. The van der Waals surface area contributed by atoms with Crippen LogP contribution in [-0.4, -0.2) is 43.9 Å². The van der Waals surface area contributed by atoms with E-state index in [9.17, 15) is 27.9 Å². The van der Waals surface area contributed by atoms with Crippen molar-refractivity contribution >= 4 is 27.8 Å². The van der Waals surface area contributed by atoms with Crippen molar-refractivity contribution in [2.75, 3.05) is 6.54 Å². The number of benzene rings is 2. The molecule has 10 heteroatoms. The second-order valence-corrected chi connectivity index (χ2v) is 7.46. The van der Waals surface area contributed by atoms with Gasteiger partial charge in [-0.25, -0.2) is 18.4 Å². The molecule has 0 saturated heterocycles.